The first-order valence-electron chi connectivity index (χ1n) is 5.35. The number of halogens is 2. The molecule has 2 aromatic rings. The van der Waals surface area contributed by atoms with E-state index in [1.807, 2.05) is 31.2 Å². The van der Waals surface area contributed by atoms with Gasteiger partial charge in [0.2, 0.25) is 0 Å². The minimum atomic E-state index is -0.267. The molecule has 0 aromatic heterocycles. The van der Waals surface area contributed by atoms with Gasteiger partial charge < -0.3 is 5.73 Å². The molecule has 0 aliphatic carbocycles. The second kappa shape index (κ2) is 4.98. The zero-order valence-electron chi connectivity index (χ0n) is 9.45. The van der Waals surface area contributed by atoms with E-state index >= 15 is 0 Å². The zero-order valence-corrected chi connectivity index (χ0v) is 11.0. The highest BCUT2D eigenvalue weighted by Crippen LogP contribution is 2.27. The fourth-order valence-corrected chi connectivity index (χ4v) is 2.30. The minimum Gasteiger partial charge on any atom is -0.320 e. The number of hydrogen-bond acceptors (Lipinski definition) is 1. The number of hydrogen-bond donors (Lipinski definition) is 1. The summed E-state index contributed by atoms with van der Waals surface area (Å²) in [5.74, 6) is -0.267. The third-order valence-corrected chi connectivity index (χ3v) is 3.42. The molecule has 2 N–H and O–H groups in total. The molecule has 0 saturated carbocycles. The van der Waals surface area contributed by atoms with Crippen molar-refractivity contribution in [2.24, 2.45) is 5.73 Å². The molecule has 2 aromatic carbocycles. The van der Waals surface area contributed by atoms with Crippen LogP contribution in [0.3, 0.4) is 0 Å². The summed E-state index contributed by atoms with van der Waals surface area (Å²) in [5.41, 5.74) is 9.26. The number of aryl methyl sites for hydroxylation is 1. The van der Waals surface area contributed by atoms with Crippen LogP contribution in [0.25, 0.3) is 0 Å². The fraction of sp³-hybridized carbons (Fsp3) is 0.143. The van der Waals surface area contributed by atoms with Crippen LogP contribution in [0.1, 0.15) is 22.7 Å². The first-order chi connectivity index (χ1) is 8.08. The van der Waals surface area contributed by atoms with Crippen LogP contribution in [0.4, 0.5) is 4.39 Å². The average molecular weight is 294 g/mol. The summed E-state index contributed by atoms with van der Waals surface area (Å²) in [5, 5.41) is 0. The summed E-state index contributed by atoms with van der Waals surface area (Å²) in [6.07, 6.45) is 0. The van der Waals surface area contributed by atoms with Crippen LogP contribution >= 0.6 is 15.9 Å². The Morgan fingerprint density at radius 2 is 1.76 bits per heavy atom. The standard InChI is InChI=1S/C14H13BrFN/c1-9-2-4-10(5-3-9)14(17)12-7-6-11(16)8-13(12)15/h2-8,14H,17H2,1H3. The molecule has 0 bridgehead atoms. The maximum Gasteiger partial charge on any atom is 0.124 e. The lowest BCUT2D eigenvalue weighted by molar-refractivity contribution is 0.625. The Labute approximate surface area is 109 Å². The molecule has 0 fully saturated rings. The molecule has 0 radical (unpaired) electrons. The molecule has 0 saturated heterocycles. The Bertz CT molecular complexity index is 522. The molecule has 3 heteroatoms. The van der Waals surface area contributed by atoms with Gasteiger partial charge in [-0.1, -0.05) is 51.8 Å². The van der Waals surface area contributed by atoms with E-state index in [1.165, 1.54) is 17.7 Å². The molecular weight excluding hydrogens is 281 g/mol. The van der Waals surface area contributed by atoms with Crippen molar-refractivity contribution in [1.82, 2.24) is 0 Å². The van der Waals surface area contributed by atoms with Crippen LogP contribution in [0, 0.1) is 12.7 Å². The SMILES string of the molecule is Cc1ccc(C(N)c2ccc(F)cc2Br)cc1. The highest BCUT2D eigenvalue weighted by Gasteiger charge is 2.12. The first kappa shape index (κ1) is 12.3. The van der Waals surface area contributed by atoms with Gasteiger partial charge in [-0.15, -0.1) is 0 Å². The van der Waals surface area contributed by atoms with Gasteiger partial charge in [-0.2, -0.15) is 0 Å². The van der Waals surface area contributed by atoms with E-state index in [2.05, 4.69) is 15.9 Å². The molecule has 0 aliphatic heterocycles. The van der Waals surface area contributed by atoms with Gasteiger partial charge in [-0.05, 0) is 30.2 Å². The van der Waals surface area contributed by atoms with Gasteiger partial charge >= 0.3 is 0 Å². The zero-order chi connectivity index (χ0) is 12.4. The molecule has 17 heavy (non-hydrogen) atoms. The molecule has 1 nitrogen and oxygen atoms in total. The third-order valence-electron chi connectivity index (χ3n) is 2.73. The number of rotatable bonds is 2. The number of nitrogens with two attached hydrogens (primary N) is 1. The van der Waals surface area contributed by atoms with Crippen molar-refractivity contribution >= 4 is 15.9 Å². The van der Waals surface area contributed by atoms with E-state index in [1.54, 1.807) is 6.07 Å². The van der Waals surface area contributed by atoms with Crippen molar-refractivity contribution in [3.63, 3.8) is 0 Å². The predicted molar refractivity (Wildman–Crippen MR) is 71.3 cm³/mol. The normalized spacial score (nSPS) is 12.5. The highest BCUT2D eigenvalue weighted by atomic mass is 79.9. The van der Waals surface area contributed by atoms with Crippen molar-refractivity contribution in [1.29, 1.82) is 0 Å². The van der Waals surface area contributed by atoms with Crippen LogP contribution in [0.15, 0.2) is 46.9 Å². The van der Waals surface area contributed by atoms with Crippen LogP contribution in [0.5, 0.6) is 0 Å². The molecule has 0 spiro atoms. The van der Waals surface area contributed by atoms with Crippen LogP contribution in [-0.2, 0) is 0 Å². The summed E-state index contributed by atoms with van der Waals surface area (Å²) < 4.78 is 13.7. The Morgan fingerprint density at radius 3 is 2.35 bits per heavy atom. The summed E-state index contributed by atoms with van der Waals surface area (Å²) in [6, 6.07) is 12.4. The highest BCUT2D eigenvalue weighted by molar-refractivity contribution is 9.10. The molecule has 88 valence electrons. The van der Waals surface area contributed by atoms with E-state index < -0.39 is 0 Å². The van der Waals surface area contributed by atoms with Crippen LogP contribution < -0.4 is 5.73 Å². The summed E-state index contributed by atoms with van der Waals surface area (Å²) in [6.45, 7) is 2.03. The third kappa shape index (κ3) is 2.73. The molecule has 1 unspecified atom stereocenters. The van der Waals surface area contributed by atoms with Gasteiger partial charge in [0.15, 0.2) is 0 Å². The van der Waals surface area contributed by atoms with E-state index in [9.17, 15) is 4.39 Å². The maximum absolute atomic E-state index is 13.0. The van der Waals surface area contributed by atoms with Crippen molar-refractivity contribution in [2.45, 2.75) is 13.0 Å². The van der Waals surface area contributed by atoms with Gasteiger partial charge in [0.05, 0.1) is 6.04 Å². The van der Waals surface area contributed by atoms with Crippen molar-refractivity contribution < 1.29 is 4.39 Å². The quantitative estimate of drug-likeness (QED) is 0.892. The van der Waals surface area contributed by atoms with Gasteiger partial charge in [0.1, 0.15) is 5.82 Å². The second-order valence-corrected chi connectivity index (χ2v) is 4.91. The van der Waals surface area contributed by atoms with Crippen LogP contribution in [0.2, 0.25) is 0 Å². The lowest BCUT2D eigenvalue weighted by Crippen LogP contribution is -2.12. The lowest BCUT2D eigenvalue weighted by Gasteiger charge is -2.14. The molecule has 0 aliphatic rings. The van der Waals surface area contributed by atoms with Gasteiger partial charge in [-0.25, -0.2) is 4.39 Å². The van der Waals surface area contributed by atoms with E-state index in [4.69, 9.17) is 5.73 Å². The molecule has 0 amide bonds. The topological polar surface area (TPSA) is 26.0 Å². The largest absolute Gasteiger partial charge is 0.320 e. The van der Waals surface area contributed by atoms with Gasteiger partial charge in [0, 0.05) is 4.47 Å². The molecular formula is C14H13BrFN. The molecule has 0 heterocycles. The summed E-state index contributed by atoms with van der Waals surface area (Å²) >= 11 is 3.34. The Morgan fingerprint density at radius 1 is 1.12 bits per heavy atom. The lowest BCUT2D eigenvalue weighted by atomic mass is 9.99. The summed E-state index contributed by atoms with van der Waals surface area (Å²) in [7, 11) is 0. The number of benzene rings is 2. The predicted octanol–water partition coefficient (Wildman–Crippen LogP) is 3.94. The second-order valence-electron chi connectivity index (χ2n) is 4.05. The van der Waals surface area contributed by atoms with E-state index in [-0.39, 0.29) is 11.9 Å². The van der Waals surface area contributed by atoms with Crippen molar-refractivity contribution in [3.05, 3.63) is 69.4 Å². The maximum atomic E-state index is 13.0. The Kier molecular flexibility index (Phi) is 3.60. The fourth-order valence-electron chi connectivity index (χ4n) is 1.71. The average Bonchev–Trinajstić information content (AvgIpc) is 2.29. The molecule has 2 rings (SSSR count). The van der Waals surface area contributed by atoms with Gasteiger partial charge in [0.25, 0.3) is 0 Å². The molecule has 1 atom stereocenters. The van der Waals surface area contributed by atoms with Gasteiger partial charge in [-0.3, -0.25) is 0 Å². The van der Waals surface area contributed by atoms with E-state index in [0.29, 0.717) is 4.47 Å². The Hall–Kier alpha value is -1.19. The van der Waals surface area contributed by atoms with E-state index in [0.717, 1.165) is 11.1 Å². The monoisotopic (exact) mass is 293 g/mol. The van der Waals surface area contributed by atoms with Crippen LogP contribution in [-0.4, -0.2) is 0 Å². The Balaban J connectivity index is 2.36. The smallest absolute Gasteiger partial charge is 0.124 e. The van der Waals surface area contributed by atoms with Crippen molar-refractivity contribution in [2.75, 3.05) is 0 Å². The minimum absolute atomic E-state index is 0.245. The first-order valence-corrected chi connectivity index (χ1v) is 6.14. The van der Waals surface area contributed by atoms with Crippen molar-refractivity contribution in [3.8, 4) is 0 Å². The summed E-state index contributed by atoms with van der Waals surface area (Å²) in [4.78, 5) is 0.